The number of carbonyl (C=O) groups excluding carboxylic acids is 1. The molecule has 0 aliphatic carbocycles. The first kappa shape index (κ1) is 36.3. The summed E-state index contributed by atoms with van der Waals surface area (Å²) in [6.45, 7) is 20.5. The number of amides is 1. The fourth-order valence-corrected chi connectivity index (χ4v) is 9.69. The van der Waals surface area contributed by atoms with Crippen LogP contribution in [0.2, 0.25) is 0 Å². The average molecular weight is 702 g/mol. The van der Waals surface area contributed by atoms with Crippen molar-refractivity contribution in [3.63, 3.8) is 0 Å². The van der Waals surface area contributed by atoms with Crippen LogP contribution in [0.1, 0.15) is 84.8 Å². The molecule has 2 atom stereocenters. The molecule has 0 unspecified atom stereocenters. The Morgan fingerprint density at radius 3 is 2.63 bits per heavy atom. The molecule has 2 aromatic carbocycles. The zero-order valence-electron chi connectivity index (χ0n) is 29.7. The number of sulfonamides is 1. The van der Waals surface area contributed by atoms with Gasteiger partial charge in [0.15, 0.2) is 0 Å². The number of fused-ring (bicyclic) bond motifs is 2. The van der Waals surface area contributed by atoms with Crippen molar-refractivity contribution >= 4 is 45.0 Å². The molecule has 1 aliphatic rings. The van der Waals surface area contributed by atoms with Gasteiger partial charge in [-0.1, -0.05) is 56.7 Å². The van der Waals surface area contributed by atoms with Crippen LogP contribution in [0.5, 0.6) is 0 Å². The van der Waals surface area contributed by atoms with Crippen molar-refractivity contribution in [2.45, 2.75) is 92.1 Å². The Morgan fingerprint density at radius 2 is 1.96 bits per heavy atom. The molecule has 260 valence electrons. The maximum Gasteiger partial charge on any atom is 0.243 e. The van der Waals surface area contributed by atoms with Gasteiger partial charge in [0, 0.05) is 24.2 Å². The molecular formula is C37H47N7O3S2. The predicted molar refractivity (Wildman–Crippen MR) is 197 cm³/mol. The van der Waals surface area contributed by atoms with Crippen LogP contribution < -0.4 is 5.32 Å². The highest BCUT2D eigenvalue weighted by molar-refractivity contribution is 7.89. The topological polar surface area (TPSA) is 122 Å². The molecule has 12 heteroatoms. The summed E-state index contributed by atoms with van der Waals surface area (Å²) in [5.41, 5.74) is 5.50. The van der Waals surface area contributed by atoms with E-state index in [1.165, 1.54) is 17.5 Å². The van der Waals surface area contributed by atoms with Gasteiger partial charge >= 0.3 is 0 Å². The third-order valence-electron chi connectivity index (χ3n) is 9.60. The zero-order chi connectivity index (χ0) is 35.7. The number of aromatic nitrogens is 4. The lowest BCUT2D eigenvalue weighted by atomic mass is 9.73. The van der Waals surface area contributed by atoms with E-state index in [-0.39, 0.29) is 18.4 Å². The number of aliphatic imine (C=N–C) groups is 1. The maximum atomic E-state index is 14.2. The lowest BCUT2D eigenvalue weighted by Crippen LogP contribution is -2.41. The Balaban J connectivity index is 1.62. The largest absolute Gasteiger partial charge is 0.324 e. The van der Waals surface area contributed by atoms with Crippen LogP contribution in [0.25, 0.3) is 11.0 Å². The summed E-state index contributed by atoms with van der Waals surface area (Å²) < 4.78 is 31.8. The number of nitrogens with one attached hydrogen (secondary N) is 1. The van der Waals surface area contributed by atoms with Gasteiger partial charge in [0.05, 0.1) is 39.7 Å². The maximum absolute atomic E-state index is 14.2. The number of allylic oxidation sites excluding steroid dienone is 2. The standard InChI is InChI=1S/C37H47N7O3S2/c1-10-13-28(20-38-9)39-36(45)37(7,8)33(29-16-17-31-34(24(29)5)41-42-44(31)12-3)35-40-30(25(6)48-35)22-43-21-26(11-2)19-27-15-14-23(4)18-32(27)49(43,46)47/h10,13-18,20,26,33H,9,11-12,19,21-22H2,1-8H3,(H,39,45)/b13-10-,28-20+/t26-,33+/m0/s1. The van der Waals surface area contributed by atoms with E-state index in [1.54, 1.807) is 16.4 Å². The first-order valence-electron chi connectivity index (χ1n) is 16.7. The minimum absolute atomic E-state index is 0.149. The van der Waals surface area contributed by atoms with E-state index < -0.39 is 21.4 Å². The van der Waals surface area contributed by atoms with Crippen molar-refractivity contribution in [3.05, 3.63) is 92.2 Å². The molecule has 0 saturated carbocycles. The number of nitrogens with zero attached hydrogens (tertiary/aromatic N) is 6. The van der Waals surface area contributed by atoms with Crippen LogP contribution in [0, 0.1) is 32.1 Å². The second kappa shape index (κ2) is 14.5. The minimum Gasteiger partial charge on any atom is -0.324 e. The highest BCUT2D eigenvalue weighted by Crippen LogP contribution is 2.46. The van der Waals surface area contributed by atoms with E-state index in [0.29, 0.717) is 35.8 Å². The Labute approximate surface area is 294 Å². The SMILES string of the molecule is C=N/C=C(\C=C/C)NC(=O)C(C)(C)[C@@H](c1nc(CN2C[C@@H](CC)Cc3ccc(C)cc3S2(=O)=O)c(C)s1)c1ccc2c(nnn2CC)c1C. The molecule has 2 aromatic heterocycles. The van der Waals surface area contributed by atoms with Gasteiger partial charge in [-0.05, 0) is 94.1 Å². The first-order valence-corrected chi connectivity index (χ1v) is 19.0. The van der Waals surface area contributed by atoms with E-state index in [9.17, 15) is 13.2 Å². The summed E-state index contributed by atoms with van der Waals surface area (Å²) in [5.74, 6) is -0.524. The van der Waals surface area contributed by atoms with Gasteiger partial charge < -0.3 is 5.32 Å². The molecule has 0 bridgehead atoms. The van der Waals surface area contributed by atoms with Crippen LogP contribution in [-0.2, 0) is 34.3 Å². The van der Waals surface area contributed by atoms with E-state index in [1.807, 2.05) is 83.5 Å². The van der Waals surface area contributed by atoms with E-state index in [2.05, 4.69) is 34.3 Å². The van der Waals surface area contributed by atoms with Crippen molar-refractivity contribution in [2.24, 2.45) is 16.3 Å². The molecule has 1 aliphatic heterocycles. The molecule has 0 fully saturated rings. The van der Waals surface area contributed by atoms with Gasteiger partial charge in [-0.15, -0.1) is 16.4 Å². The molecule has 3 heterocycles. The number of hydrogen-bond donors (Lipinski definition) is 1. The van der Waals surface area contributed by atoms with Crippen LogP contribution >= 0.6 is 11.3 Å². The number of thiazole rings is 1. The number of carbonyl (C=O) groups is 1. The van der Waals surface area contributed by atoms with Crippen LogP contribution in [-0.4, -0.2) is 51.9 Å². The Morgan fingerprint density at radius 1 is 1.20 bits per heavy atom. The molecule has 10 nitrogen and oxygen atoms in total. The summed E-state index contributed by atoms with van der Waals surface area (Å²) in [6.07, 6.45) is 6.69. The molecule has 5 rings (SSSR count). The normalized spacial score (nSPS) is 17.6. The van der Waals surface area contributed by atoms with Crippen molar-refractivity contribution in [2.75, 3.05) is 6.54 Å². The van der Waals surface area contributed by atoms with Gasteiger partial charge in [-0.25, -0.2) is 18.1 Å². The van der Waals surface area contributed by atoms with Gasteiger partial charge in [-0.3, -0.25) is 9.79 Å². The Kier molecular flexibility index (Phi) is 10.7. The molecule has 0 radical (unpaired) electrons. The number of rotatable bonds is 11. The predicted octanol–water partition coefficient (Wildman–Crippen LogP) is 7.00. The lowest BCUT2D eigenvalue weighted by molar-refractivity contribution is -0.129. The first-order chi connectivity index (χ1) is 23.3. The second-order valence-corrected chi connectivity index (χ2v) is 16.5. The van der Waals surface area contributed by atoms with Crippen LogP contribution in [0.3, 0.4) is 0 Å². The monoisotopic (exact) mass is 701 g/mol. The van der Waals surface area contributed by atoms with E-state index >= 15 is 0 Å². The van der Waals surface area contributed by atoms with Crippen LogP contribution in [0.15, 0.2) is 64.3 Å². The van der Waals surface area contributed by atoms with Crippen molar-refractivity contribution in [3.8, 4) is 0 Å². The molecule has 1 N–H and O–H groups in total. The lowest BCUT2D eigenvalue weighted by Gasteiger charge is -2.33. The number of aryl methyl sites for hydroxylation is 4. The molecule has 4 aromatic rings. The van der Waals surface area contributed by atoms with Crippen LogP contribution in [0.4, 0.5) is 0 Å². The molecule has 0 spiro atoms. The zero-order valence-corrected chi connectivity index (χ0v) is 31.4. The number of hydrogen-bond acceptors (Lipinski definition) is 8. The average Bonchev–Trinajstić information content (AvgIpc) is 3.62. The molecular weight excluding hydrogens is 655 g/mol. The fraction of sp³-hybridized carbons (Fsp3) is 0.432. The molecule has 49 heavy (non-hydrogen) atoms. The van der Waals surface area contributed by atoms with E-state index in [4.69, 9.17) is 4.98 Å². The molecule has 0 saturated heterocycles. The summed E-state index contributed by atoms with van der Waals surface area (Å²) in [7, 11) is -3.77. The Bertz CT molecular complexity index is 2060. The highest BCUT2D eigenvalue weighted by atomic mass is 32.2. The third-order valence-corrected chi connectivity index (χ3v) is 12.6. The van der Waals surface area contributed by atoms with Crippen molar-refractivity contribution in [1.82, 2.24) is 29.6 Å². The summed E-state index contributed by atoms with van der Waals surface area (Å²) >= 11 is 1.50. The quantitative estimate of drug-likeness (QED) is 0.133. The third kappa shape index (κ3) is 7.04. The number of benzene rings is 2. The summed E-state index contributed by atoms with van der Waals surface area (Å²) in [6, 6.07) is 9.78. The van der Waals surface area contributed by atoms with Gasteiger partial charge in [0.2, 0.25) is 15.9 Å². The van der Waals surface area contributed by atoms with Gasteiger partial charge in [0.25, 0.3) is 0 Å². The fourth-order valence-electron chi connectivity index (χ4n) is 6.66. The smallest absolute Gasteiger partial charge is 0.243 e. The summed E-state index contributed by atoms with van der Waals surface area (Å²) in [4.78, 5) is 24.5. The van der Waals surface area contributed by atoms with Gasteiger partial charge in [-0.2, -0.15) is 4.31 Å². The van der Waals surface area contributed by atoms with E-state index in [0.717, 1.165) is 49.6 Å². The van der Waals surface area contributed by atoms with Crippen molar-refractivity contribution in [1.29, 1.82) is 0 Å². The minimum atomic E-state index is -3.77. The second-order valence-electron chi connectivity index (χ2n) is 13.4. The van der Waals surface area contributed by atoms with Gasteiger partial charge in [0.1, 0.15) is 10.5 Å². The molecule has 1 amide bonds. The highest BCUT2D eigenvalue weighted by Gasteiger charge is 2.43. The summed E-state index contributed by atoms with van der Waals surface area (Å²) in [5, 5.41) is 12.6. The Hall–Kier alpha value is -4.00. The van der Waals surface area contributed by atoms with Crippen molar-refractivity contribution < 1.29 is 13.2 Å².